The first-order chi connectivity index (χ1) is 13.1. The van der Waals surface area contributed by atoms with Crippen molar-refractivity contribution in [2.75, 3.05) is 12.8 Å². The van der Waals surface area contributed by atoms with E-state index in [2.05, 4.69) is 17.6 Å². The SMILES string of the molecule is CCCC1CCNC(C(=O)NC(C2OC(SC)C(O)C(O)C2O)C(C)(F)F)C1. The number of hydrogen-bond donors (Lipinski definition) is 5. The Labute approximate surface area is 168 Å². The van der Waals surface area contributed by atoms with Gasteiger partial charge in [0.2, 0.25) is 5.91 Å². The van der Waals surface area contributed by atoms with Crippen molar-refractivity contribution < 1.29 is 33.6 Å². The summed E-state index contributed by atoms with van der Waals surface area (Å²) in [4.78, 5) is 12.7. The fraction of sp³-hybridized carbons (Fsp3) is 0.944. The predicted octanol–water partition coefficient (Wildman–Crippen LogP) is 0.465. The monoisotopic (exact) mass is 426 g/mol. The van der Waals surface area contributed by atoms with Crippen LogP contribution in [0.3, 0.4) is 0 Å². The first-order valence-corrected chi connectivity index (χ1v) is 11.0. The number of amides is 1. The van der Waals surface area contributed by atoms with Crippen molar-refractivity contribution >= 4 is 17.7 Å². The predicted molar refractivity (Wildman–Crippen MR) is 102 cm³/mol. The first-order valence-electron chi connectivity index (χ1n) is 9.74. The third kappa shape index (κ3) is 5.54. The number of carbonyl (C=O) groups is 1. The third-order valence-electron chi connectivity index (χ3n) is 5.54. The molecule has 0 aliphatic carbocycles. The Morgan fingerprint density at radius 1 is 1.32 bits per heavy atom. The van der Waals surface area contributed by atoms with Gasteiger partial charge in [-0.3, -0.25) is 4.79 Å². The van der Waals surface area contributed by atoms with Crippen LogP contribution < -0.4 is 10.6 Å². The normalized spacial score (nSPS) is 38.1. The molecule has 8 unspecified atom stereocenters. The summed E-state index contributed by atoms with van der Waals surface area (Å²) >= 11 is 1.03. The van der Waals surface area contributed by atoms with Gasteiger partial charge in [-0.2, -0.15) is 0 Å². The van der Waals surface area contributed by atoms with E-state index in [-0.39, 0.29) is 0 Å². The van der Waals surface area contributed by atoms with Crippen molar-refractivity contribution in [1.82, 2.24) is 10.6 Å². The minimum atomic E-state index is -3.41. The lowest BCUT2D eigenvalue weighted by atomic mass is 9.87. The van der Waals surface area contributed by atoms with Crippen molar-refractivity contribution in [1.29, 1.82) is 0 Å². The Kier molecular flexibility index (Phi) is 8.48. The van der Waals surface area contributed by atoms with Gasteiger partial charge < -0.3 is 30.7 Å². The van der Waals surface area contributed by atoms with E-state index in [1.54, 1.807) is 6.26 Å². The molecular formula is C18H32F2N2O5S. The van der Waals surface area contributed by atoms with Gasteiger partial charge in [0.05, 0.1) is 6.04 Å². The maximum absolute atomic E-state index is 14.3. The molecule has 10 heteroatoms. The lowest BCUT2D eigenvalue weighted by molar-refractivity contribution is -0.222. The highest BCUT2D eigenvalue weighted by Gasteiger charge is 2.53. The molecule has 0 radical (unpaired) electrons. The van der Waals surface area contributed by atoms with Crippen LogP contribution in [-0.2, 0) is 9.53 Å². The summed E-state index contributed by atoms with van der Waals surface area (Å²) in [6.45, 7) is 3.33. The highest BCUT2D eigenvalue weighted by Crippen LogP contribution is 2.33. The molecule has 2 rings (SSSR count). The van der Waals surface area contributed by atoms with E-state index in [1.165, 1.54) is 0 Å². The van der Waals surface area contributed by atoms with E-state index in [0.29, 0.717) is 25.8 Å². The van der Waals surface area contributed by atoms with Crippen LogP contribution in [0.4, 0.5) is 8.78 Å². The van der Waals surface area contributed by atoms with Crippen LogP contribution in [-0.4, -0.2) is 81.9 Å². The fourth-order valence-corrected chi connectivity index (χ4v) is 4.64. The fourth-order valence-electron chi connectivity index (χ4n) is 3.96. The van der Waals surface area contributed by atoms with E-state index >= 15 is 0 Å². The summed E-state index contributed by atoms with van der Waals surface area (Å²) in [5.41, 5.74) is -0.994. The summed E-state index contributed by atoms with van der Waals surface area (Å²) in [5.74, 6) is -3.63. The Balaban J connectivity index is 2.14. The number of ether oxygens (including phenoxy) is 1. The average Bonchev–Trinajstić information content (AvgIpc) is 2.64. The summed E-state index contributed by atoms with van der Waals surface area (Å²) in [7, 11) is 0. The van der Waals surface area contributed by atoms with Crippen molar-refractivity contribution in [2.45, 2.75) is 87.4 Å². The number of halogens is 2. The smallest absolute Gasteiger partial charge is 0.267 e. The molecule has 2 aliphatic rings. The topological polar surface area (TPSA) is 111 Å². The maximum Gasteiger partial charge on any atom is 0.267 e. The molecule has 0 saturated carbocycles. The van der Waals surface area contributed by atoms with Crippen molar-refractivity contribution in [3.05, 3.63) is 0 Å². The summed E-state index contributed by atoms with van der Waals surface area (Å²) in [6, 6.07) is -2.44. The van der Waals surface area contributed by atoms with Crippen LogP contribution in [0.5, 0.6) is 0 Å². The molecule has 2 aliphatic heterocycles. The van der Waals surface area contributed by atoms with Crippen LogP contribution in [0.25, 0.3) is 0 Å². The van der Waals surface area contributed by atoms with Crippen LogP contribution in [0.2, 0.25) is 0 Å². The van der Waals surface area contributed by atoms with Gasteiger partial charge in [0.15, 0.2) is 0 Å². The second-order valence-electron chi connectivity index (χ2n) is 7.80. The second-order valence-corrected chi connectivity index (χ2v) is 8.74. The number of aliphatic hydroxyl groups is 3. The summed E-state index contributed by atoms with van der Waals surface area (Å²) in [5, 5.41) is 35.6. The highest BCUT2D eigenvalue weighted by molar-refractivity contribution is 7.99. The molecule has 7 nitrogen and oxygen atoms in total. The summed E-state index contributed by atoms with van der Waals surface area (Å²) in [6.07, 6.45) is -1.34. The Hall–Kier alpha value is -0.520. The number of piperidine rings is 1. The zero-order chi connectivity index (χ0) is 21.1. The quantitative estimate of drug-likeness (QED) is 0.402. The lowest BCUT2D eigenvalue weighted by Gasteiger charge is -2.44. The molecule has 8 atom stereocenters. The largest absolute Gasteiger partial charge is 0.388 e. The first kappa shape index (κ1) is 23.8. The van der Waals surface area contributed by atoms with Crippen LogP contribution in [0.1, 0.15) is 39.5 Å². The molecule has 0 spiro atoms. The molecular weight excluding hydrogens is 394 g/mol. The lowest BCUT2D eigenvalue weighted by Crippen LogP contribution is -2.67. The zero-order valence-corrected chi connectivity index (χ0v) is 17.3. The molecule has 0 bridgehead atoms. The molecule has 5 N–H and O–H groups in total. The summed E-state index contributed by atoms with van der Waals surface area (Å²) < 4.78 is 34.2. The molecule has 0 aromatic heterocycles. The van der Waals surface area contributed by atoms with Crippen LogP contribution >= 0.6 is 11.8 Å². The molecule has 28 heavy (non-hydrogen) atoms. The Morgan fingerprint density at radius 3 is 2.57 bits per heavy atom. The van der Waals surface area contributed by atoms with E-state index in [9.17, 15) is 28.9 Å². The van der Waals surface area contributed by atoms with Crippen LogP contribution in [0.15, 0.2) is 0 Å². The van der Waals surface area contributed by atoms with Crippen LogP contribution in [0, 0.1) is 5.92 Å². The second kappa shape index (κ2) is 9.99. The van der Waals surface area contributed by atoms with E-state index in [0.717, 1.165) is 31.0 Å². The third-order valence-corrected chi connectivity index (χ3v) is 6.39. The number of carbonyl (C=O) groups excluding carboxylic acids is 1. The maximum atomic E-state index is 14.3. The van der Waals surface area contributed by atoms with Crippen molar-refractivity contribution in [3.63, 3.8) is 0 Å². The van der Waals surface area contributed by atoms with E-state index in [1.807, 2.05) is 0 Å². The minimum absolute atomic E-state index is 0.358. The molecule has 0 aromatic carbocycles. The Morgan fingerprint density at radius 2 is 2.00 bits per heavy atom. The number of nitrogens with one attached hydrogen (secondary N) is 2. The van der Waals surface area contributed by atoms with Gasteiger partial charge in [-0.1, -0.05) is 19.8 Å². The van der Waals surface area contributed by atoms with Gasteiger partial charge in [-0.15, -0.1) is 11.8 Å². The number of thioether (sulfide) groups is 1. The van der Waals surface area contributed by atoms with Crippen molar-refractivity contribution in [2.24, 2.45) is 5.92 Å². The standard InChI is InChI=1S/C18H32F2N2O5S/c1-4-5-9-6-7-21-10(8-9)16(26)22-15(18(2,19)20)14-12(24)11(23)13(25)17(27-14)28-3/h9-15,17,21,23-25H,4-8H2,1-3H3,(H,22,26). The van der Waals surface area contributed by atoms with Gasteiger partial charge >= 0.3 is 0 Å². The zero-order valence-electron chi connectivity index (χ0n) is 16.5. The molecule has 0 aromatic rings. The molecule has 2 fully saturated rings. The Bertz CT molecular complexity index is 521. The van der Waals surface area contributed by atoms with Gasteiger partial charge in [-0.25, -0.2) is 8.78 Å². The molecule has 2 saturated heterocycles. The van der Waals surface area contributed by atoms with Crippen molar-refractivity contribution in [3.8, 4) is 0 Å². The molecule has 164 valence electrons. The van der Waals surface area contributed by atoms with Gasteiger partial charge in [0.1, 0.15) is 35.9 Å². The minimum Gasteiger partial charge on any atom is -0.388 e. The van der Waals surface area contributed by atoms with Gasteiger partial charge in [0, 0.05) is 6.92 Å². The van der Waals surface area contributed by atoms with Gasteiger partial charge in [0.25, 0.3) is 5.92 Å². The average molecular weight is 427 g/mol. The highest BCUT2D eigenvalue weighted by atomic mass is 32.2. The number of alkyl halides is 2. The number of hydrogen-bond acceptors (Lipinski definition) is 7. The van der Waals surface area contributed by atoms with E-state index in [4.69, 9.17) is 4.74 Å². The van der Waals surface area contributed by atoms with E-state index < -0.39 is 53.8 Å². The number of rotatable bonds is 7. The number of aliphatic hydroxyl groups excluding tert-OH is 3. The molecule has 1 amide bonds. The molecule has 2 heterocycles. The van der Waals surface area contributed by atoms with Gasteiger partial charge in [-0.05, 0) is 31.6 Å².